The van der Waals surface area contributed by atoms with Crippen LogP contribution in [0.1, 0.15) is 35.8 Å². The number of nitrogens with one attached hydrogen (secondary N) is 1. The van der Waals surface area contributed by atoms with Crippen LogP contribution in [-0.2, 0) is 0 Å². The van der Waals surface area contributed by atoms with Crippen molar-refractivity contribution in [2.45, 2.75) is 24.2 Å². The van der Waals surface area contributed by atoms with E-state index >= 15 is 0 Å². The van der Waals surface area contributed by atoms with Gasteiger partial charge in [0.05, 0.1) is 19.4 Å². The molecule has 7 nitrogen and oxygen atoms in total. The molecule has 2 atom stereocenters. The second kappa shape index (κ2) is 9.28. The maximum atomic E-state index is 6.69. The maximum absolute atomic E-state index is 6.69. The summed E-state index contributed by atoms with van der Waals surface area (Å²) < 4.78 is 20.1. The smallest absolute Gasteiger partial charge is 0.227 e. The van der Waals surface area contributed by atoms with Gasteiger partial charge in [-0.2, -0.15) is 4.98 Å². The van der Waals surface area contributed by atoms with Gasteiger partial charge in [0.15, 0.2) is 11.5 Å². The highest BCUT2D eigenvalue weighted by molar-refractivity contribution is 7.98. The van der Waals surface area contributed by atoms with Gasteiger partial charge in [-0.15, -0.1) is 5.10 Å². The fourth-order valence-corrected chi connectivity index (χ4v) is 5.24. The number of fused-ring (bicyclic) bond motifs is 3. The molecule has 0 saturated carbocycles. The van der Waals surface area contributed by atoms with E-state index in [2.05, 4.69) is 29.6 Å². The average Bonchev–Trinajstić information content (AvgIpc) is 3.35. The highest BCUT2D eigenvalue weighted by Crippen LogP contribution is 2.51. The molecule has 4 aromatic rings. The van der Waals surface area contributed by atoms with E-state index in [1.807, 2.05) is 66.4 Å². The summed E-state index contributed by atoms with van der Waals surface area (Å²) in [5, 5.41) is 9.15. The van der Waals surface area contributed by atoms with E-state index in [-0.39, 0.29) is 12.1 Å². The molecule has 0 fully saturated rings. The number of methoxy groups -OCH3 is 1. The van der Waals surface area contributed by atoms with Crippen LogP contribution in [0.5, 0.6) is 17.2 Å². The summed E-state index contributed by atoms with van der Waals surface area (Å²) in [6.07, 6.45) is 1.66. The zero-order valence-corrected chi connectivity index (χ0v) is 21.1. The van der Waals surface area contributed by atoms with E-state index in [9.17, 15) is 0 Å². The van der Waals surface area contributed by atoms with Crippen molar-refractivity contribution in [3.8, 4) is 17.2 Å². The van der Waals surface area contributed by atoms with Crippen LogP contribution in [0.2, 0.25) is 0 Å². The van der Waals surface area contributed by atoms with Crippen LogP contribution in [0.3, 0.4) is 0 Å². The summed E-state index contributed by atoms with van der Waals surface area (Å²) in [5.74, 6) is 2.91. The van der Waals surface area contributed by atoms with E-state index < -0.39 is 0 Å². The van der Waals surface area contributed by atoms with Crippen molar-refractivity contribution in [1.29, 1.82) is 0 Å². The number of ether oxygens (including phenoxy) is 3. The summed E-state index contributed by atoms with van der Waals surface area (Å²) >= 11 is 1.51. The third-order valence-electron chi connectivity index (χ3n) is 6.45. The summed E-state index contributed by atoms with van der Waals surface area (Å²) in [7, 11) is 1.66. The number of hydrogen-bond acceptors (Lipinski definition) is 7. The van der Waals surface area contributed by atoms with Crippen molar-refractivity contribution in [1.82, 2.24) is 14.8 Å². The molecule has 2 aliphatic heterocycles. The van der Waals surface area contributed by atoms with Gasteiger partial charge in [0.2, 0.25) is 11.1 Å². The molecule has 6 rings (SSSR count). The molecule has 0 unspecified atom stereocenters. The van der Waals surface area contributed by atoms with Gasteiger partial charge in [-0.05, 0) is 48.6 Å². The number of rotatable bonds is 6. The van der Waals surface area contributed by atoms with Crippen molar-refractivity contribution in [3.05, 3.63) is 95.1 Å². The summed E-state index contributed by atoms with van der Waals surface area (Å²) in [6.45, 7) is 2.52. The van der Waals surface area contributed by atoms with Crippen LogP contribution in [0.15, 0.2) is 83.5 Å². The van der Waals surface area contributed by atoms with Crippen molar-refractivity contribution >= 4 is 23.4 Å². The lowest BCUT2D eigenvalue weighted by Gasteiger charge is -2.39. The maximum Gasteiger partial charge on any atom is 0.227 e. The van der Waals surface area contributed by atoms with Crippen LogP contribution < -0.4 is 19.5 Å². The number of aromatic nitrogens is 3. The fraction of sp³-hybridized carbons (Fsp3) is 0.214. The predicted octanol–water partition coefficient (Wildman–Crippen LogP) is 5.97. The van der Waals surface area contributed by atoms with Gasteiger partial charge < -0.3 is 19.5 Å². The second-order valence-corrected chi connectivity index (χ2v) is 9.25. The minimum Gasteiger partial charge on any atom is -0.493 e. The topological polar surface area (TPSA) is 70.4 Å². The molecule has 0 spiro atoms. The second-order valence-electron chi connectivity index (χ2n) is 8.47. The third kappa shape index (κ3) is 3.69. The number of nitrogens with zero attached hydrogens (tertiary/aromatic N) is 3. The van der Waals surface area contributed by atoms with E-state index in [0.717, 1.165) is 33.7 Å². The van der Waals surface area contributed by atoms with Crippen LogP contribution >= 0.6 is 11.8 Å². The van der Waals surface area contributed by atoms with Crippen LogP contribution in [-0.4, -0.2) is 34.7 Å². The number of thioether (sulfide) groups is 1. The molecule has 1 N–H and O–H groups in total. The van der Waals surface area contributed by atoms with E-state index in [1.165, 1.54) is 11.8 Å². The van der Waals surface area contributed by atoms with Crippen LogP contribution in [0.4, 0.5) is 5.95 Å². The number of hydrogen-bond donors (Lipinski definition) is 1. The van der Waals surface area contributed by atoms with Gasteiger partial charge in [-0.3, -0.25) is 0 Å². The zero-order valence-electron chi connectivity index (χ0n) is 20.3. The predicted molar refractivity (Wildman–Crippen MR) is 141 cm³/mol. The van der Waals surface area contributed by atoms with Crippen molar-refractivity contribution in [2.24, 2.45) is 0 Å². The van der Waals surface area contributed by atoms with Crippen LogP contribution in [0.25, 0.3) is 5.70 Å². The SMILES string of the molecule is CCOc1ccc([C@@H]2C3=C(Nc4nc(SC)nn42)c2ccccc2O[C@H]3c2ccccc2)cc1OC. The first kappa shape index (κ1) is 22.5. The Morgan fingerprint density at radius 1 is 1.00 bits per heavy atom. The first-order chi connectivity index (χ1) is 17.7. The molecule has 0 aliphatic carbocycles. The Kier molecular flexibility index (Phi) is 5.81. The molecular formula is C28H26N4O3S. The number of anilines is 1. The fourth-order valence-electron chi connectivity index (χ4n) is 4.90. The Balaban J connectivity index is 1.61. The summed E-state index contributed by atoms with van der Waals surface area (Å²) in [4.78, 5) is 4.77. The lowest BCUT2D eigenvalue weighted by Crippen LogP contribution is -2.32. The molecule has 8 heteroatoms. The Hall–Kier alpha value is -3.91. The normalized spacial score (nSPS) is 17.9. The highest BCUT2D eigenvalue weighted by Gasteiger charge is 2.41. The molecule has 0 amide bonds. The lowest BCUT2D eigenvalue weighted by atomic mass is 9.84. The van der Waals surface area contributed by atoms with E-state index in [4.69, 9.17) is 24.3 Å². The molecule has 0 radical (unpaired) electrons. The standard InChI is InChI=1S/C28H26N4O3S/c1-4-34-21-15-14-18(16-22(21)33-2)25-23-24(29-27-30-28(36-3)31-32(25)27)19-12-8-9-13-20(19)35-26(23)17-10-6-5-7-11-17/h5-16,25-26H,4H2,1-3H3,(H,29,30,31)/t25-,26+/m1/s1. The quantitative estimate of drug-likeness (QED) is 0.329. The minimum absolute atomic E-state index is 0.271. The van der Waals surface area contributed by atoms with Gasteiger partial charge in [0.1, 0.15) is 17.9 Å². The van der Waals surface area contributed by atoms with Crippen LogP contribution in [0, 0.1) is 0 Å². The third-order valence-corrected chi connectivity index (χ3v) is 6.99. The van der Waals surface area contributed by atoms with Gasteiger partial charge in [0.25, 0.3) is 0 Å². The summed E-state index contributed by atoms with van der Waals surface area (Å²) in [5.41, 5.74) is 5.14. The van der Waals surface area contributed by atoms with E-state index in [0.29, 0.717) is 29.2 Å². The lowest BCUT2D eigenvalue weighted by molar-refractivity contribution is 0.223. The number of benzene rings is 3. The molecule has 3 heterocycles. The summed E-state index contributed by atoms with van der Waals surface area (Å²) in [6, 6.07) is 24.2. The monoisotopic (exact) mass is 498 g/mol. The van der Waals surface area contributed by atoms with Crippen molar-refractivity contribution in [2.75, 3.05) is 25.3 Å². The molecule has 1 aromatic heterocycles. The molecule has 36 heavy (non-hydrogen) atoms. The first-order valence-corrected chi connectivity index (χ1v) is 13.1. The Morgan fingerprint density at radius 2 is 1.81 bits per heavy atom. The van der Waals surface area contributed by atoms with Crippen molar-refractivity contribution in [3.63, 3.8) is 0 Å². The van der Waals surface area contributed by atoms with Crippen molar-refractivity contribution < 1.29 is 14.2 Å². The highest BCUT2D eigenvalue weighted by atomic mass is 32.2. The number of para-hydroxylation sites is 1. The molecular weight excluding hydrogens is 472 g/mol. The molecule has 2 aliphatic rings. The van der Waals surface area contributed by atoms with Gasteiger partial charge in [0, 0.05) is 11.1 Å². The molecule has 182 valence electrons. The Labute approximate surface area is 214 Å². The van der Waals surface area contributed by atoms with Gasteiger partial charge in [-0.1, -0.05) is 60.3 Å². The Morgan fingerprint density at radius 3 is 2.58 bits per heavy atom. The average molecular weight is 499 g/mol. The first-order valence-electron chi connectivity index (χ1n) is 11.8. The zero-order chi connectivity index (χ0) is 24.6. The largest absolute Gasteiger partial charge is 0.493 e. The molecule has 3 aromatic carbocycles. The Bertz CT molecular complexity index is 1450. The minimum atomic E-state index is -0.318. The van der Waals surface area contributed by atoms with Gasteiger partial charge in [-0.25, -0.2) is 4.68 Å². The van der Waals surface area contributed by atoms with E-state index in [1.54, 1.807) is 7.11 Å². The molecule has 0 saturated heterocycles. The van der Waals surface area contributed by atoms with Gasteiger partial charge >= 0.3 is 0 Å². The molecule has 0 bridgehead atoms.